The van der Waals surface area contributed by atoms with E-state index in [2.05, 4.69) is 10.1 Å². The van der Waals surface area contributed by atoms with Crippen molar-refractivity contribution >= 4 is 5.97 Å². The van der Waals surface area contributed by atoms with Crippen LogP contribution >= 0.6 is 0 Å². The average Bonchev–Trinajstić information content (AvgIpc) is 2.90. The lowest BCUT2D eigenvalue weighted by molar-refractivity contribution is 0.0697. The van der Waals surface area contributed by atoms with Crippen LogP contribution < -0.4 is 0 Å². The number of carboxylic acid groups (broad SMARTS) is 1. The molecule has 1 aromatic heterocycles. The summed E-state index contributed by atoms with van der Waals surface area (Å²) < 4.78 is 1.66. The molecule has 0 atom stereocenters. The summed E-state index contributed by atoms with van der Waals surface area (Å²) in [5.41, 5.74) is 1.89. The first-order valence-electron chi connectivity index (χ1n) is 6.45. The van der Waals surface area contributed by atoms with Gasteiger partial charge in [-0.25, -0.2) is 14.5 Å². The Morgan fingerprint density at radius 2 is 1.76 bits per heavy atom. The first kappa shape index (κ1) is 13.1. The first-order chi connectivity index (χ1) is 10.1. The lowest BCUT2D eigenvalue weighted by Gasteiger charge is -2.01. The number of aromatic carboxylic acids is 1. The highest BCUT2D eigenvalue weighted by Gasteiger charge is 2.12. The standard InChI is InChI=1S/C16H13N3O2/c1-19-15(12-8-5-9-13(10-12)16(20)21)17-14(18-19)11-6-3-2-4-7-11/h2-10H,1H3,(H,20,21). The maximum absolute atomic E-state index is 11.1. The summed E-state index contributed by atoms with van der Waals surface area (Å²) in [5, 5.41) is 13.5. The summed E-state index contributed by atoms with van der Waals surface area (Å²) in [6.07, 6.45) is 0. The maximum Gasteiger partial charge on any atom is 0.335 e. The van der Waals surface area contributed by atoms with Crippen LogP contribution in [0.2, 0.25) is 0 Å². The second-order valence-electron chi connectivity index (χ2n) is 4.63. The summed E-state index contributed by atoms with van der Waals surface area (Å²) in [7, 11) is 1.79. The molecule has 1 N–H and O–H groups in total. The molecule has 0 saturated heterocycles. The van der Waals surface area contributed by atoms with Crippen LogP contribution in [-0.4, -0.2) is 25.8 Å². The summed E-state index contributed by atoms with van der Waals surface area (Å²) >= 11 is 0. The zero-order valence-corrected chi connectivity index (χ0v) is 11.4. The Balaban J connectivity index is 2.06. The monoisotopic (exact) mass is 279 g/mol. The molecule has 0 spiro atoms. The van der Waals surface area contributed by atoms with E-state index >= 15 is 0 Å². The minimum absolute atomic E-state index is 0.233. The number of aromatic nitrogens is 3. The molecule has 5 nitrogen and oxygen atoms in total. The Labute approximate surface area is 121 Å². The van der Waals surface area contributed by atoms with Gasteiger partial charge in [0.05, 0.1) is 5.56 Å². The molecule has 0 radical (unpaired) electrons. The Kier molecular flexibility index (Phi) is 3.23. The molecule has 3 rings (SSSR count). The number of carbonyl (C=O) groups is 1. The lowest BCUT2D eigenvalue weighted by Crippen LogP contribution is -1.98. The first-order valence-corrected chi connectivity index (χ1v) is 6.45. The second-order valence-corrected chi connectivity index (χ2v) is 4.63. The van der Waals surface area contributed by atoms with Gasteiger partial charge in [-0.05, 0) is 12.1 Å². The second kappa shape index (κ2) is 5.20. The molecule has 2 aromatic carbocycles. The van der Waals surface area contributed by atoms with Crippen molar-refractivity contribution in [3.05, 3.63) is 60.2 Å². The van der Waals surface area contributed by atoms with Gasteiger partial charge in [-0.2, -0.15) is 5.10 Å². The molecule has 0 saturated carbocycles. The lowest BCUT2D eigenvalue weighted by atomic mass is 10.1. The van der Waals surface area contributed by atoms with E-state index in [1.54, 1.807) is 29.9 Å². The topological polar surface area (TPSA) is 68.0 Å². The third-order valence-electron chi connectivity index (χ3n) is 3.16. The predicted molar refractivity (Wildman–Crippen MR) is 78.8 cm³/mol. The van der Waals surface area contributed by atoms with Crippen molar-refractivity contribution in [2.75, 3.05) is 0 Å². The van der Waals surface area contributed by atoms with Gasteiger partial charge < -0.3 is 5.11 Å². The Morgan fingerprint density at radius 3 is 2.48 bits per heavy atom. The highest BCUT2D eigenvalue weighted by Crippen LogP contribution is 2.22. The van der Waals surface area contributed by atoms with Crippen molar-refractivity contribution < 1.29 is 9.90 Å². The van der Waals surface area contributed by atoms with Crippen LogP contribution in [0.4, 0.5) is 0 Å². The highest BCUT2D eigenvalue weighted by atomic mass is 16.4. The van der Waals surface area contributed by atoms with Gasteiger partial charge in [-0.1, -0.05) is 42.5 Å². The molecule has 0 aliphatic carbocycles. The molecule has 0 aliphatic rings. The smallest absolute Gasteiger partial charge is 0.335 e. The van der Waals surface area contributed by atoms with Crippen LogP contribution in [0.25, 0.3) is 22.8 Å². The van der Waals surface area contributed by atoms with Crippen molar-refractivity contribution in [1.29, 1.82) is 0 Å². The fourth-order valence-electron chi connectivity index (χ4n) is 2.14. The van der Waals surface area contributed by atoms with Crippen LogP contribution in [0.15, 0.2) is 54.6 Å². The van der Waals surface area contributed by atoms with Gasteiger partial charge in [0.15, 0.2) is 11.6 Å². The zero-order chi connectivity index (χ0) is 14.8. The van der Waals surface area contributed by atoms with Gasteiger partial charge in [-0.15, -0.1) is 0 Å². The number of hydrogen-bond acceptors (Lipinski definition) is 3. The largest absolute Gasteiger partial charge is 0.478 e. The molecular weight excluding hydrogens is 266 g/mol. The summed E-state index contributed by atoms with van der Waals surface area (Å²) in [5.74, 6) is 0.299. The predicted octanol–water partition coefficient (Wildman–Crippen LogP) is 2.85. The van der Waals surface area contributed by atoms with E-state index in [4.69, 9.17) is 5.11 Å². The average molecular weight is 279 g/mol. The van der Waals surface area contributed by atoms with E-state index in [1.165, 1.54) is 0 Å². The van der Waals surface area contributed by atoms with Crippen LogP contribution in [0.3, 0.4) is 0 Å². The van der Waals surface area contributed by atoms with Crippen molar-refractivity contribution in [3.63, 3.8) is 0 Å². The Hall–Kier alpha value is -2.95. The number of benzene rings is 2. The van der Waals surface area contributed by atoms with Gasteiger partial charge in [0.1, 0.15) is 0 Å². The van der Waals surface area contributed by atoms with E-state index in [0.717, 1.165) is 11.1 Å². The summed E-state index contributed by atoms with van der Waals surface area (Å²) in [4.78, 5) is 15.6. The number of nitrogens with zero attached hydrogens (tertiary/aromatic N) is 3. The summed E-state index contributed by atoms with van der Waals surface area (Å²) in [6, 6.07) is 16.3. The van der Waals surface area contributed by atoms with E-state index in [9.17, 15) is 4.79 Å². The minimum Gasteiger partial charge on any atom is -0.478 e. The molecular formula is C16H13N3O2. The zero-order valence-electron chi connectivity index (χ0n) is 11.4. The van der Waals surface area contributed by atoms with Crippen molar-refractivity contribution in [3.8, 4) is 22.8 Å². The van der Waals surface area contributed by atoms with Gasteiger partial charge in [0, 0.05) is 18.2 Å². The SMILES string of the molecule is Cn1nc(-c2ccccc2)nc1-c1cccc(C(=O)O)c1. The molecule has 1 heterocycles. The molecule has 5 heteroatoms. The van der Waals surface area contributed by atoms with Crippen molar-refractivity contribution in [2.45, 2.75) is 0 Å². The normalized spacial score (nSPS) is 10.5. The number of carboxylic acids is 1. The maximum atomic E-state index is 11.1. The molecule has 0 bridgehead atoms. The van der Waals surface area contributed by atoms with Gasteiger partial charge in [0.2, 0.25) is 0 Å². The van der Waals surface area contributed by atoms with E-state index < -0.39 is 5.97 Å². The van der Waals surface area contributed by atoms with E-state index in [-0.39, 0.29) is 5.56 Å². The molecule has 21 heavy (non-hydrogen) atoms. The van der Waals surface area contributed by atoms with E-state index in [1.807, 2.05) is 36.4 Å². The number of aryl methyl sites for hydroxylation is 1. The van der Waals surface area contributed by atoms with Gasteiger partial charge in [0.25, 0.3) is 0 Å². The van der Waals surface area contributed by atoms with Gasteiger partial charge in [-0.3, -0.25) is 0 Å². The Morgan fingerprint density at radius 1 is 1.05 bits per heavy atom. The third kappa shape index (κ3) is 2.53. The highest BCUT2D eigenvalue weighted by molar-refractivity contribution is 5.89. The number of hydrogen-bond donors (Lipinski definition) is 1. The van der Waals surface area contributed by atoms with Crippen molar-refractivity contribution in [2.24, 2.45) is 7.05 Å². The van der Waals surface area contributed by atoms with Crippen LogP contribution in [-0.2, 0) is 7.05 Å². The fourth-order valence-corrected chi connectivity index (χ4v) is 2.14. The molecule has 3 aromatic rings. The Bertz CT molecular complexity index is 794. The van der Waals surface area contributed by atoms with Crippen LogP contribution in [0, 0.1) is 0 Å². The van der Waals surface area contributed by atoms with E-state index in [0.29, 0.717) is 11.6 Å². The molecule has 0 aliphatic heterocycles. The fraction of sp³-hybridized carbons (Fsp3) is 0.0625. The van der Waals surface area contributed by atoms with Crippen LogP contribution in [0.1, 0.15) is 10.4 Å². The van der Waals surface area contributed by atoms with Crippen molar-refractivity contribution in [1.82, 2.24) is 14.8 Å². The number of rotatable bonds is 3. The third-order valence-corrected chi connectivity index (χ3v) is 3.16. The molecule has 0 unspecified atom stereocenters. The summed E-state index contributed by atoms with van der Waals surface area (Å²) in [6.45, 7) is 0. The quantitative estimate of drug-likeness (QED) is 0.800. The molecule has 0 fully saturated rings. The van der Waals surface area contributed by atoms with Gasteiger partial charge >= 0.3 is 5.97 Å². The molecule has 104 valence electrons. The molecule has 0 amide bonds. The minimum atomic E-state index is -0.956. The van der Waals surface area contributed by atoms with Crippen LogP contribution in [0.5, 0.6) is 0 Å².